The molecule has 0 aromatic carbocycles. The highest BCUT2D eigenvalue weighted by Crippen LogP contribution is 1.83. The predicted molar refractivity (Wildman–Crippen MR) is 29.7 cm³/mol. The highest BCUT2D eigenvalue weighted by atomic mass is 16.5. The van der Waals surface area contributed by atoms with E-state index < -0.39 is 0 Å². The van der Waals surface area contributed by atoms with Gasteiger partial charge >= 0.3 is 5.78 Å². The highest BCUT2D eigenvalue weighted by molar-refractivity contribution is 5.12. The molecule has 2 rings (SSSR count). The molecule has 0 radical (unpaired) electrons. The van der Waals surface area contributed by atoms with Crippen LogP contribution in [-0.4, -0.2) is 19.7 Å². The quantitative estimate of drug-likeness (QED) is 0.336. The summed E-state index contributed by atoms with van der Waals surface area (Å²) in [5.41, 5.74) is 0. The average molecular weight is 137 g/mol. The summed E-state index contributed by atoms with van der Waals surface area (Å²) in [5, 5.41) is 17.9. The Kier molecular flexibility index (Phi) is 0.830. The molecule has 0 atom stereocenters. The molecule has 0 bridgehead atoms. The van der Waals surface area contributed by atoms with Crippen molar-refractivity contribution in [3.05, 3.63) is 23.9 Å². The molecule has 50 valence electrons. The Bertz CT molecular complexity index is 355. The number of hydrogen-bond donors (Lipinski definition) is 0. The van der Waals surface area contributed by atoms with Gasteiger partial charge in [0.1, 0.15) is 6.20 Å². The minimum absolute atomic E-state index is 0.183. The van der Waals surface area contributed by atoms with Crippen LogP contribution in [0.15, 0.2) is 18.7 Å². The smallest absolute Gasteiger partial charge is 0.444 e. The van der Waals surface area contributed by atoms with Crippen LogP contribution in [0.3, 0.4) is 0 Å². The van der Waals surface area contributed by atoms with Gasteiger partial charge in [0, 0.05) is 0 Å². The number of nitrogens with zero attached hydrogens (tertiary/aromatic N) is 5. The van der Waals surface area contributed by atoms with Gasteiger partial charge in [-0.05, 0) is 0 Å². The van der Waals surface area contributed by atoms with Crippen LogP contribution in [0.4, 0.5) is 0 Å². The monoisotopic (exact) mass is 137 g/mol. The normalized spacial score (nSPS) is 10.4. The summed E-state index contributed by atoms with van der Waals surface area (Å²) < 4.78 is 1.35. The largest absolute Gasteiger partial charge is 0.721 e. The van der Waals surface area contributed by atoms with Crippen LogP contribution in [0, 0.1) is 5.21 Å². The van der Waals surface area contributed by atoms with E-state index in [4.69, 9.17) is 0 Å². The number of aromatic nitrogens is 5. The second kappa shape index (κ2) is 1.63. The van der Waals surface area contributed by atoms with Crippen molar-refractivity contribution in [2.24, 2.45) is 0 Å². The molecule has 0 spiro atoms. The van der Waals surface area contributed by atoms with Crippen molar-refractivity contribution >= 4 is 5.78 Å². The van der Waals surface area contributed by atoms with E-state index in [1.165, 1.54) is 17.0 Å². The van der Waals surface area contributed by atoms with E-state index in [1.807, 2.05) is 0 Å². The second-order valence-electron chi connectivity index (χ2n) is 1.69. The minimum atomic E-state index is 0.183. The maximum atomic E-state index is 10.7. The summed E-state index contributed by atoms with van der Waals surface area (Å²) in [4.78, 5) is 4.07. The van der Waals surface area contributed by atoms with Crippen molar-refractivity contribution in [2.75, 3.05) is 0 Å². The van der Waals surface area contributed by atoms with Crippen LogP contribution >= 0.6 is 0 Å². The molecule has 2 aromatic heterocycles. The molecule has 0 saturated carbocycles. The third-order valence-electron chi connectivity index (χ3n) is 1.10. The summed E-state index contributed by atoms with van der Waals surface area (Å²) in [7, 11) is 0. The van der Waals surface area contributed by atoms with E-state index in [-0.39, 0.29) is 5.78 Å². The van der Waals surface area contributed by atoms with Crippen LogP contribution in [0.25, 0.3) is 5.78 Å². The maximum Gasteiger partial charge on any atom is 0.444 e. The summed E-state index contributed by atoms with van der Waals surface area (Å²) in [5.74, 6) is 0.183. The lowest BCUT2D eigenvalue weighted by Crippen LogP contribution is -2.33. The van der Waals surface area contributed by atoms with E-state index in [0.717, 1.165) is 0 Å². The highest BCUT2D eigenvalue weighted by Gasteiger charge is 2.03. The molecule has 0 N–H and O–H groups in total. The molecule has 0 unspecified atom stereocenters. The molecule has 0 aliphatic rings. The standard InChI is InChI=1S/C4H3N5O/c10-9-4-5-3-7-8(4)2-1-6-9/h1-3H. The first-order valence-electron chi connectivity index (χ1n) is 2.62. The topological polar surface area (TPSA) is 70.0 Å². The van der Waals surface area contributed by atoms with Gasteiger partial charge in [0.2, 0.25) is 6.33 Å². The molecule has 0 fully saturated rings. The molecule has 0 aliphatic carbocycles. The fourth-order valence-corrected chi connectivity index (χ4v) is 0.691. The first-order chi connectivity index (χ1) is 4.88. The molecule has 2 heterocycles. The Morgan fingerprint density at radius 3 is 3.30 bits per heavy atom. The van der Waals surface area contributed by atoms with E-state index in [1.54, 1.807) is 6.20 Å². The van der Waals surface area contributed by atoms with Gasteiger partial charge in [0.05, 0.1) is 6.20 Å². The number of hydrogen-bond acceptors (Lipinski definition) is 4. The van der Waals surface area contributed by atoms with Crippen LogP contribution in [0.5, 0.6) is 0 Å². The lowest BCUT2D eigenvalue weighted by Gasteiger charge is -1.95. The molecule has 0 amide bonds. The third kappa shape index (κ3) is 0.524. The van der Waals surface area contributed by atoms with Gasteiger partial charge in [-0.3, -0.25) is 0 Å². The minimum Gasteiger partial charge on any atom is -0.721 e. The molecule has 10 heavy (non-hydrogen) atoms. The van der Waals surface area contributed by atoms with Crippen LogP contribution in [-0.2, 0) is 0 Å². The van der Waals surface area contributed by atoms with Gasteiger partial charge in [-0.15, -0.1) is 14.5 Å². The van der Waals surface area contributed by atoms with E-state index >= 15 is 0 Å². The van der Waals surface area contributed by atoms with Gasteiger partial charge in [-0.1, -0.05) is 10.1 Å². The fourth-order valence-electron chi connectivity index (χ4n) is 0.691. The average Bonchev–Trinajstić information content (AvgIpc) is 2.36. The maximum absolute atomic E-state index is 10.7. The van der Waals surface area contributed by atoms with Crippen molar-refractivity contribution in [3.63, 3.8) is 0 Å². The fraction of sp³-hybridized carbons (Fsp3) is 0. The van der Waals surface area contributed by atoms with Crippen molar-refractivity contribution in [2.45, 2.75) is 0 Å². The van der Waals surface area contributed by atoms with E-state index in [9.17, 15) is 5.21 Å². The van der Waals surface area contributed by atoms with E-state index in [0.29, 0.717) is 4.85 Å². The Labute approximate surface area is 55.3 Å². The molecular formula is C4H3N5O. The summed E-state index contributed by atoms with van der Waals surface area (Å²) in [6.07, 6.45) is 4.21. The Morgan fingerprint density at radius 1 is 1.60 bits per heavy atom. The molecule has 0 saturated heterocycles. The van der Waals surface area contributed by atoms with E-state index in [2.05, 4.69) is 15.2 Å². The summed E-state index contributed by atoms with van der Waals surface area (Å²) in [6.45, 7) is 0. The van der Waals surface area contributed by atoms with Gasteiger partial charge in [0.25, 0.3) is 0 Å². The number of fused-ring (bicyclic) bond motifs is 1. The zero-order chi connectivity index (χ0) is 6.97. The van der Waals surface area contributed by atoms with Crippen LogP contribution in [0.2, 0.25) is 0 Å². The van der Waals surface area contributed by atoms with Gasteiger partial charge in [-0.25, -0.2) is 0 Å². The van der Waals surface area contributed by atoms with Crippen molar-refractivity contribution in [3.8, 4) is 0 Å². The summed E-state index contributed by atoms with van der Waals surface area (Å²) >= 11 is 0. The lowest BCUT2D eigenvalue weighted by atomic mass is 10.9. The SMILES string of the molecule is [O-][n+]1nccn2ncnc21. The van der Waals surface area contributed by atoms with Gasteiger partial charge in [0.15, 0.2) is 0 Å². The Balaban J connectivity index is 2.95. The molecule has 6 heteroatoms. The zero-order valence-electron chi connectivity index (χ0n) is 4.88. The second-order valence-corrected chi connectivity index (χ2v) is 1.69. The molecule has 6 nitrogen and oxygen atoms in total. The van der Waals surface area contributed by atoms with Gasteiger partial charge in [-0.2, -0.15) is 0 Å². The summed E-state index contributed by atoms with van der Waals surface area (Å²) in [6, 6.07) is 0. The zero-order valence-corrected chi connectivity index (χ0v) is 4.88. The molecule has 2 aromatic rings. The lowest BCUT2D eigenvalue weighted by molar-refractivity contribution is -0.648. The third-order valence-corrected chi connectivity index (χ3v) is 1.10. The van der Waals surface area contributed by atoms with Crippen LogP contribution in [0.1, 0.15) is 0 Å². The Morgan fingerprint density at radius 2 is 2.50 bits per heavy atom. The Hall–Kier alpha value is -1.72. The predicted octanol–water partition coefficient (Wildman–Crippen LogP) is -1.24. The van der Waals surface area contributed by atoms with Crippen molar-refractivity contribution in [1.29, 1.82) is 0 Å². The van der Waals surface area contributed by atoms with Crippen molar-refractivity contribution in [1.82, 2.24) is 19.7 Å². The first-order valence-corrected chi connectivity index (χ1v) is 2.62. The molecule has 0 aliphatic heterocycles. The van der Waals surface area contributed by atoms with Crippen LogP contribution < -0.4 is 4.85 Å². The molecular weight excluding hydrogens is 134 g/mol. The number of rotatable bonds is 0. The van der Waals surface area contributed by atoms with Gasteiger partial charge < -0.3 is 5.21 Å². The first kappa shape index (κ1) is 5.10. The van der Waals surface area contributed by atoms with Crippen molar-refractivity contribution < 1.29 is 4.85 Å².